The molecule has 6 nitrogen and oxygen atoms in total. The Kier molecular flexibility index (Phi) is 3.07. The van der Waals surface area contributed by atoms with Gasteiger partial charge >= 0.3 is 0 Å². The van der Waals surface area contributed by atoms with Crippen molar-refractivity contribution in [3.63, 3.8) is 0 Å². The average Bonchev–Trinajstić information content (AvgIpc) is 2.36. The SMILES string of the molecule is Cn1c(O)c2ccccc2c(N=NC(N)=S)c1=O. The zero-order valence-electron chi connectivity index (χ0n) is 9.49. The van der Waals surface area contributed by atoms with E-state index in [0.717, 1.165) is 4.57 Å². The Bertz CT molecular complexity index is 721. The Morgan fingerprint density at radius 3 is 2.61 bits per heavy atom. The van der Waals surface area contributed by atoms with Crippen LogP contribution in [0.1, 0.15) is 0 Å². The lowest BCUT2D eigenvalue weighted by atomic mass is 10.1. The third kappa shape index (κ3) is 1.95. The molecule has 2 aromatic rings. The van der Waals surface area contributed by atoms with Gasteiger partial charge in [-0.05, 0) is 18.3 Å². The maximum Gasteiger partial charge on any atom is 0.281 e. The fourth-order valence-corrected chi connectivity index (χ4v) is 1.67. The van der Waals surface area contributed by atoms with Crippen LogP contribution in [0.15, 0.2) is 39.3 Å². The quantitative estimate of drug-likeness (QED) is 0.602. The minimum atomic E-state index is -0.466. The van der Waals surface area contributed by atoms with Gasteiger partial charge in [0.2, 0.25) is 11.0 Å². The van der Waals surface area contributed by atoms with E-state index in [9.17, 15) is 9.90 Å². The zero-order chi connectivity index (χ0) is 13.3. The summed E-state index contributed by atoms with van der Waals surface area (Å²) >= 11 is 4.58. The van der Waals surface area contributed by atoms with Crippen LogP contribution in [0.2, 0.25) is 0 Å². The second-order valence-corrected chi connectivity index (χ2v) is 4.04. The summed E-state index contributed by atoms with van der Waals surface area (Å²) < 4.78 is 1.09. The van der Waals surface area contributed by atoms with Gasteiger partial charge in [-0.15, -0.1) is 10.2 Å². The molecule has 0 aliphatic rings. The molecule has 0 amide bonds. The van der Waals surface area contributed by atoms with Gasteiger partial charge in [-0.2, -0.15) is 0 Å². The first-order chi connectivity index (χ1) is 8.52. The summed E-state index contributed by atoms with van der Waals surface area (Å²) in [6, 6.07) is 6.84. The van der Waals surface area contributed by atoms with E-state index in [1.54, 1.807) is 24.3 Å². The first-order valence-corrected chi connectivity index (χ1v) is 5.45. The van der Waals surface area contributed by atoms with Crippen molar-refractivity contribution >= 4 is 33.8 Å². The second-order valence-electron chi connectivity index (χ2n) is 3.62. The number of pyridine rings is 1. The molecule has 0 unspecified atom stereocenters. The van der Waals surface area contributed by atoms with Gasteiger partial charge in [0.1, 0.15) is 0 Å². The molecule has 0 atom stereocenters. The molecule has 0 spiro atoms. The average molecular weight is 262 g/mol. The van der Waals surface area contributed by atoms with E-state index in [1.165, 1.54) is 7.05 Å². The number of rotatable bonds is 1. The smallest absolute Gasteiger partial charge is 0.281 e. The van der Waals surface area contributed by atoms with Gasteiger partial charge < -0.3 is 10.8 Å². The highest BCUT2D eigenvalue weighted by molar-refractivity contribution is 7.80. The molecule has 0 fully saturated rings. The molecule has 1 aromatic heterocycles. The van der Waals surface area contributed by atoms with E-state index in [1.807, 2.05) is 0 Å². The molecular formula is C11H10N4O2S. The molecule has 18 heavy (non-hydrogen) atoms. The van der Waals surface area contributed by atoms with E-state index in [0.29, 0.717) is 10.8 Å². The number of aromatic hydroxyl groups is 1. The summed E-state index contributed by atoms with van der Waals surface area (Å²) in [5.74, 6) is -0.120. The lowest BCUT2D eigenvalue weighted by Crippen LogP contribution is -2.16. The van der Waals surface area contributed by atoms with Crippen molar-refractivity contribution in [1.82, 2.24) is 4.57 Å². The second kappa shape index (κ2) is 4.53. The fourth-order valence-electron chi connectivity index (χ4n) is 1.63. The maximum absolute atomic E-state index is 12.0. The summed E-state index contributed by atoms with van der Waals surface area (Å²) in [6.07, 6.45) is 0. The molecule has 0 aliphatic carbocycles. The number of aromatic nitrogens is 1. The van der Waals surface area contributed by atoms with Gasteiger partial charge in [0.25, 0.3) is 5.56 Å². The van der Waals surface area contributed by atoms with Crippen LogP contribution >= 0.6 is 12.2 Å². The Labute approximate surface area is 107 Å². The molecule has 1 aromatic carbocycles. The summed E-state index contributed by atoms with van der Waals surface area (Å²) in [7, 11) is 1.45. The number of hydrogen-bond donors (Lipinski definition) is 2. The number of nitrogens with two attached hydrogens (primary N) is 1. The Morgan fingerprint density at radius 1 is 1.39 bits per heavy atom. The molecule has 0 aliphatic heterocycles. The van der Waals surface area contributed by atoms with E-state index >= 15 is 0 Å². The monoisotopic (exact) mass is 262 g/mol. The summed E-state index contributed by atoms with van der Waals surface area (Å²) in [4.78, 5) is 12.0. The van der Waals surface area contributed by atoms with Crippen LogP contribution in [0.3, 0.4) is 0 Å². The number of nitrogens with zero attached hydrogens (tertiary/aromatic N) is 3. The molecule has 0 bridgehead atoms. The highest BCUT2D eigenvalue weighted by Gasteiger charge is 2.12. The zero-order valence-corrected chi connectivity index (χ0v) is 10.3. The molecular weight excluding hydrogens is 252 g/mol. The minimum Gasteiger partial charge on any atom is -0.494 e. The molecule has 7 heteroatoms. The highest BCUT2D eigenvalue weighted by Crippen LogP contribution is 2.28. The van der Waals surface area contributed by atoms with E-state index in [2.05, 4.69) is 22.4 Å². The fraction of sp³-hybridized carbons (Fsp3) is 0.0909. The van der Waals surface area contributed by atoms with Gasteiger partial charge in [-0.1, -0.05) is 18.2 Å². The van der Waals surface area contributed by atoms with E-state index < -0.39 is 5.56 Å². The van der Waals surface area contributed by atoms with Crippen LogP contribution in [0, 0.1) is 0 Å². The number of hydrogen-bond acceptors (Lipinski definition) is 4. The van der Waals surface area contributed by atoms with Gasteiger partial charge in [-0.25, -0.2) is 0 Å². The van der Waals surface area contributed by atoms with Crippen molar-refractivity contribution in [2.75, 3.05) is 0 Å². The highest BCUT2D eigenvalue weighted by atomic mass is 32.1. The van der Waals surface area contributed by atoms with Crippen LogP contribution in [0.25, 0.3) is 10.8 Å². The first-order valence-electron chi connectivity index (χ1n) is 5.04. The Hall–Kier alpha value is -2.28. The standard InChI is InChI=1S/C11H10N4O2S/c1-15-9(16)7-5-3-2-4-6(7)8(10(15)17)13-14-11(12)18/h2-5,16H,1H3,(H2,12,18). The van der Waals surface area contributed by atoms with Crippen molar-refractivity contribution < 1.29 is 5.11 Å². The van der Waals surface area contributed by atoms with Crippen molar-refractivity contribution in [1.29, 1.82) is 0 Å². The molecule has 0 saturated carbocycles. The number of benzene rings is 1. The van der Waals surface area contributed by atoms with Gasteiger partial charge in [0.15, 0.2) is 5.69 Å². The van der Waals surface area contributed by atoms with Crippen LogP contribution < -0.4 is 11.3 Å². The molecule has 92 valence electrons. The molecule has 2 rings (SSSR count). The van der Waals surface area contributed by atoms with Gasteiger partial charge in [0, 0.05) is 17.8 Å². The third-order valence-corrected chi connectivity index (χ3v) is 2.58. The first kappa shape index (κ1) is 12.2. The lowest BCUT2D eigenvalue weighted by molar-refractivity contribution is 0.431. The number of fused-ring (bicyclic) bond motifs is 1. The maximum atomic E-state index is 12.0. The molecule has 3 N–H and O–H groups in total. The predicted molar refractivity (Wildman–Crippen MR) is 72.2 cm³/mol. The van der Waals surface area contributed by atoms with Crippen LogP contribution in [0.4, 0.5) is 5.69 Å². The van der Waals surface area contributed by atoms with Crippen LogP contribution in [-0.4, -0.2) is 14.8 Å². The molecule has 1 heterocycles. The Morgan fingerprint density at radius 2 is 2.00 bits per heavy atom. The van der Waals surface area contributed by atoms with E-state index in [4.69, 9.17) is 5.73 Å². The van der Waals surface area contributed by atoms with Crippen molar-refractivity contribution in [3.05, 3.63) is 34.6 Å². The van der Waals surface area contributed by atoms with Gasteiger partial charge in [0.05, 0.1) is 0 Å². The van der Waals surface area contributed by atoms with Crippen LogP contribution in [-0.2, 0) is 7.05 Å². The van der Waals surface area contributed by atoms with Crippen molar-refractivity contribution in [3.8, 4) is 5.88 Å². The van der Waals surface area contributed by atoms with E-state index in [-0.39, 0.29) is 16.7 Å². The predicted octanol–water partition coefficient (Wildman–Crippen LogP) is 1.57. The van der Waals surface area contributed by atoms with Crippen molar-refractivity contribution in [2.45, 2.75) is 0 Å². The largest absolute Gasteiger partial charge is 0.494 e. The van der Waals surface area contributed by atoms with Crippen LogP contribution in [0.5, 0.6) is 5.88 Å². The van der Waals surface area contributed by atoms with Crippen molar-refractivity contribution in [2.24, 2.45) is 23.0 Å². The molecule has 0 radical (unpaired) electrons. The summed E-state index contributed by atoms with van der Waals surface area (Å²) in [6.45, 7) is 0. The number of azo groups is 1. The number of thiocarbonyl (C=S) groups is 1. The summed E-state index contributed by atoms with van der Waals surface area (Å²) in [5.41, 5.74) is 4.84. The lowest BCUT2D eigenvalue weighted by Gasteiger charge is -2.07. The normalized spacial score (nSPS) is 11.2. The summed E-state index contributed by atoms with van der Waals surface area (Å²) in [5, 5.41) is 18.0. The third-order valence-electron chi connectivity index (χ3n) is 2.50. The Balaban J connectivity index is 2.87. The van der Waals surface area contributed by atoms with Gasteiger partial charge in [-0.3, -0.25) is 9.36 Å². The topological polar surface area (TPSA) is 93.0 Å². The minimum absolute atomic E-state index is 0.0960. The molecule has 0 saturated heterocycles.